The average molecular weight is 362 g/mol. The smallest absolute Gasteiger partial charge is 0.404 e. The molecule has 26 heavy (non-hydrogen) atoms. The van der Waals surface area contributed by atoms with E-state index < -0.39 is 24.0 Å². The summed E-state index contributed by atoms with van der Waals surface area (Å²) in [5, 5.41) is 11.2. The van der Waals surface area contributed by atoms with Crippen LogP contribution in [0.1, 0.15) is 19.3 Å². The number of nitrogens with zero attached hydrogens (tertiary/aromatic N) is 1. The Morgan fingerprint density at radius 3 is 2.69 bits per heavy atom. The number of pyridine rings is 1. The minimum absolute atomic E-state index is 0.0312. The molecule has 7 heteroatoms. The summed E-state index contributed by atoms with van der Waals surface area (Å²) >= 11 is 0. The van der Waals surface area contributed by atoms with E-state index in [2.05, 4.69) is 10.3 Å². The Labute approximate surface area is 150 Å². The number of rotatable bonds is 5. The van der Waals surface area contributed by atoms with Crippen LogP contribution in [0.15, 0.2) is 48.7 Å². The molecule has 1 aromatic carbocycles. The molecule has 1 aromatic heterocycles. The Hall–Kier alpha value is -2.70. The van der Waals surface area contributed by atoms with Gasteiger partial charge in [0.1, 0.15) is 5.75 Å². The molecule has 0 aliphatic heterocycles. The largest absolute Gasteiger partial charge is 0.493 e. The van der Waals surface area contributed by atoms with Crippen molar-refractivity contribution in [3.63, 3.8) is 0 Å². The molecule has 1 amide bonds. The zero-order chi connectivity index (χ0) is 18.6. The van der Waals surface area contributed by atoms with E-state index in [1.807, 2.05) is 30.3 Å². The van der Waals surface area contributed by atoms with Crippen LogP contribution in [0.4, 0.5) is 13.6 Å². The van der Waals surface area contributed by atoms with Gasteiger partial charge in [-0.2, -0.15) is 0 Å². The Balaban J connectivity index is 1.63. The van der Waals surface area contributed by atoms with E-state index in [0.717, 1.165) is 11.3 Å². The minimum Gasteiger partial charge on any atom is -0.493 e. The van der Waals surface area contributed by atoms with Crippen LogP contribution in [-0.4, -0.2) is 34.8 Å². The standard InChI is InChI=1S/C19H20F2N2O3/c20-19(21)9-8-17(23-18(24)25)14(11-19)12-26-15-6-4-13(5-7-15)16-3-1-2-10-22-16/h1-7,10,14,17,23H,8-9,11-12H2,(H,24,25). The Kier molecular flexibility index (Phi) is 5.35. The molecule has 0 saturated heterocycles. The third-order valence-corrected chi connectivity index (χ3v) is 4.54. The van der Waals surface area contributed by atoms with Crippen LogP contribution in [-0.2, 0) is 0 Å². The van der Waals surface area contributed by atoms with Gasteiger partial charge in [0.25, 0.3) is 0 Å². The highest BCUT2D eigenvalue weighted by atomic mass is 19.3. The molecule has 1 heterocycles. The fraction of sp³-hybridized carbons (Fsp3) is 0.368. The lowest BCUT2D eigenvalue weighted by Crippen LogP contribution is -2.48. The number of alkyl halides is 2. The highest BCUT2D eigenvalue weighted by Crippen LogP contribution is 2.37. The predicted molar refractivity (Wildman–Crippen MR) is 92.4 cm³/mol. The van der Waals surface area contributed by atoms with Crippen molar-refractivity contribution in [2.24, 2.45) is 5.92 Å². The molecule has 2 N–H and O–H groups in total. The predicted octanol–water partition coefficient (Wildman–Crippen LogP) is 4.20. The van der Waals surface area contributed by atoms with Crippen molar-refractivity contribution in [1.29, 1.82) is 0 Å². The number of benzene rings is 1. The lowest BCUT2D eigenvalue weighted by Gasteiger charge is -2.35. The van der Waals surface area contributed by atoms with E-state index in [1.54, 1.807) is 18.3 Å². The van der Waals surface area contributed by atoms with E-state index in [4.69, 9.17) is 9.84 Å². The van der Waals surface area contributed by atoms with Crippen molar-refractivity contribution >= 4 is 6.09 Å². The molecule has 3 rings (SSSR count). The zero-order valence-corrected chi connectivity index (χ0v) is 14.1. The molecular weight excluding hydrogens is 342 g/mol. The third-order valence-electron chi connectivity index (χ3n) is 4.54. The maximum absolute atomic E-state index is 13.7. The fourth-order valence-corrected chi connectivity index (χ4v) is 3.21. The SMILES string of the molecule is O=C(O)NC1CCC(F)(F)CC1COc1ccc(-c2ccccn2)cc1. The second-order valence-electron chi connectivity index (χ2n) is 6.47. The molecule has 5 nitrogen and oxygen atoms in total. The number of halogens is 2. The van der Waals surface area contributed by atoms with Gasteiger partial charge in [-0.25, -0.2) is 13.6 Å². The van der Waals surface area contributed by atoms with Crippen molar-refractivity contribution in [1.82, 2.24) is 10.3 Å². The molecule has 1 aliphatic carbocycles. The normalized spacial score (nSPS) is 21.8. The van der Waals surface area contributed by atoms with E-state index in [0.29, 0.717) is 5.75 Å². The van der Waals surface area contributed by atoms with E-state index in [9.17, 15) is 13.6 Å². The maximum atomic E-state index is 13.7. The maximum Gasteiger partial charge on any atom is 0.404 e. The molecular formula is C19H20F2N2O3. The molecule has 2 atom stereocenters. The molecule has 1 aliphatic rings. The molecule has 0 spiro atoms. The lowest BCUT2D eigenvalue weighted by molar-refractivity contribution is -0.0677. The van der Waals surface area contributed by atoms with Gasteiger partial charge in [0.15, 0.2) is 0 Å². The van der Waals surface area contributed by atoms with Crippen LogP contribution in [0.25, 0.3) is 11.3 Å². The van der Waals surface area contributed by atoms with Gasteiger partial charge >= 0.3 is 6.09 Å². The first-order chi connectivity index (χ1) is 12.4. The molecule has 0 bridgehead atoms. The minimum atomic E-state index is -2.78. The summed E-state index contributed by atoms with van der Waals surface area (Å²) in [6.45, 7) is 0.0312. The summed E-state index contributed by atoms with van der Waals surface area (Å²) in [7, 11) is 0. The van der Waals surface area contributed by atoms with Crippen molar-refractivity contribution in [2.45, 2.75) is 31.2 Å². The van der Waals surface area contributed by atoms with E-state index >= 15 is 0 Å². The van der Waals surface area contributed by atoms with Gasteiger partial charge < -0.3 is 15.2 Å². The van der Waals surface area contributed by atoms with Crippen LogP contribution >= 0.6 is 0 Å². The van der Waals surface area contributed by atoms with Crippen LogP contribution in [0.3, 0.4) is 0 Å². The summed E-state index contributed by atoms with van der Waals surface area (Å²) in [5.41, 5.74) is 1.75. The van der Waals surface area contributed by atoms with Gasteiger partial charge in [-0.15, -0.1) is 0 Å². The first kappa shape index (κ1) is 18.1. The van der Waals surface area contributed by atoms with Gasteiger partial charge in [0, 0.05) is 36.6 Å². The third kappa shape index (κ3) is 4.68. The highest BCUT2D eigenvalue weighted by molar-refractivity contribution is 5.65. The number of ether oxygens (including phenoxy) is 1. The van der Waals surface area contributed by atoms with Crippen molar-refractivity contribution in [2.75, 3.05) is 6.61 Å². The van der Waals surface area contributed by atoms with Gasteiger partial charge in [-0.1, -0.05) is 6.07 Å². The number of amides is 1. The second-order valence-corrected chi connectivity index (χ2v) is 6.47. The number of hydrogen-bond donors (Lipinski definition) is 2. The summed E-state index contributed by atoms with van der Waals surface area (Å²) in [4.78, 5) is 15.1. The van der Waals surface area contributed by atoms with E-state index in [1.165, 1.54) is 0 Å². The van der Waals surface area contributed by atoms with E-state index in [-0.39, 0.29) is 25.9 Å². The molecule has 0 radical (unpaired) electrons. The summed E-state index contributed by atoms with van der Waals surface area (Å²) in [5.74, 6) is -2.81. The quantitative estimate of drug-likeness (QED) is 0.836. The summed E-state index contributed by atoms with van der Waals surface area (Å²) in [6.07, 6.45) is -0.0910. The van der Waals surface area contributed by atoms with Crippen LogP contribution in [0.5, 0.6) is 5.75 Å². The Morgan fingerprint density at radius 2 is 2.04 bits per heavy atom. The Morgan fingerprint density at radius 1 is 1.27 bits per heavy atom. The number of carbonyl (C=O) groups is 1. The first-order valence-corrected chi connectivity index (χ1v) is 8.44. The van der Waals surface area contributed by atoms with Crippen molar-refractivity contribution in [3.8, 4) is 17.0 Å². The first-order valence-electron chi connectivity index (χ1n) is 8.44. The number of hydrogen-bond acceptors (Lipinski definition) is 3. The van der Waals surface area contributed by atoms with Gasteiger partial charge in [0.2, 0.25) is 5.92 Å². The van der Waals surface area contributed by atoms with Crippen molar-refractivity contribution in [3.05, 3.63) is 48.7 Å². The van der Waals surface area contributed by atoms with Gasteiger partial charge in [-0.05, 0) is 42.8 Å². The molecule has 2 aromatic rings. The molecule has 138 valence electrons. The number of nitrogens with one attached hydrogen (secondary N) is 1. The van der Waals surface area contributed by atoms with Crippen LogP contribution in [0, 0.1) is 5.92 Å². The monoisotopic (exact) mass is 362 g/mol. The lowest BCUT2D eigenvalue weighted by atomic mass is 9.82. The zero-order valence-electron chi connectivity index (χ0n) is 14.1. The summed E-state index contributed by atoms with van der Waals surface area (Å²) < 4.78 is 33.0. The topological polar surface area (TPSA) is 71.5 Å². The molecule has 1 fully saturated rings. The fourth-order valence-electron chi connectivity index (χ4n) is 3.21. The van der Waals surface area contributed by atoms with Crippen molar-refractivity contribution < 1.29 is 23.4 Å². The number of aromatic nitrogens is 1. The highest BCUT2D eigenvalue weighted by Gasteiger charge is 2.42. The Bertz CT molecular complexity index is 738. The molecule has 1 saturated carbocycles. The number of carboxylic acid groups (broad SMARTS) is 1. The molecule has 2 unspecified atom stereocenters. The van der Waals surface area contributed by atoms with Gasteiger partial charge in [-0.3, -0.25) is 4.98 Å². The van der Waals surface area contributed by atoms with Crippen LogP contribution < -0.4 is 10.1 Å². The second kappa shape index (κ2) is 7.68. The van der Waals surface area contributed by atoms with Gasteiger partial charge in [0.05, 0.1) is 12.3 Å². The van der Waals surface area contributed by atoms with Crippen LogP contribution in [0.2, 0.25) is 0 Å². The summed E-state index contributed by atoms with van der Waals surface area (Å²) in [6, 6.07) is 12.3. The average Bonchev–Trinajstić information content (AvgIpc) is 2.62.